The fraction of sp³-hybridized carbons (Fsp3) is 0.278. The molecule has 2 aromatic carbocycles. The number of sulfone groups is 1. The largest absolute Gasteiger partial charge is 0.493 e. The van der Waals surface area contributed by atoms with Crippen LogP contribution in [0.5, 0.6) is 11.5 Å². The van der Waals surface area contributed by atoms with Gasteiger partial charge in [-0.1, -0.05) is 0 Å². The van der Waals surface area contributed by atoms with Crippen molar-refractivity contribution in [2.75, 3.05) is 43.8 Å². The molecule has 0 heterocycles. The second kappa shape index (κ2) is 9.24. The molecule has 8 nitrogen and oxygen atoms in total. The van der Waals surface area contributed by atoms with E-state index in [0.29, 0.717) is 22.9 Å². The number of amides is 1. The summed E-state index contributed by atoms with van der Waals surface area (Å²) in [4.78, 5) is 12.2. The van der Waals surface area contributed by atoms with Gasteiger partial charge in [0.2, 0.25) is 5.91 Å². The van der Waals surface area contributed by atoms with Crippen LogP contribution >= 0.6 is 0 Å². The Hall–Kier alpha value is -2.78. The minimum absolute atomic E-state index is 0.00290. The zero-order valence-electron chi connectivity index (χ0n) is 15.1. The van der Waals surface area contributed by atoms with Crippen molar-refractivity contribution in [3.05, 3.63) is 42.5 Å². The van der Waals surface area contributed by atoms with Crippen molar-refractivity contribution in [1.29, 1.82) is 0 Å². The van der Waals surface area contributed by atoms with Crippen molar-refractivity contribution in [3.8, 4) is 11.5 Å². The Morgan fingerprint density at radius 1 is 1.00 bits per heavy atom. The molecule has 0 saturated carbocycles. The van der Waals surface area contributed by atoms with Gasteiger partial charge in [-0.2, -0.15) is 0 Å². The van der Waals surface area contributed by atoms with Crippen LogP contribution in [0.3, 0.4) is 0 Å². The number of carbonyl (C=O) groups excluding carboxylic acids is 1. The Balaban J connectivity index is 1.94. The maximum atomic E-state index is 12.1. The van der Waals surface area contributed by atoms with E-state index >= 15 is 0 Å². The highest BCUT2D eigenvalue weighted by Crippen LogP contribution is 2.29. The van der Waals surface area contributed by atoms with Crippen molar-refractivity contribution < 1.29 is 27.8 Å². The fourth-order valence-electron chi connectivity index (χ4n) is 2.32. The van der Waals surface area contributed by atoms with E-state index < -0.39 is 16.4 Å². The number of ether oxygens (including phenoxy) is 2. The topological polar surface area (TPSA) is 114 Å². The van der Waals surface area contributed by atoms with Gasteiger partial charge in [-0.15, -0.1) is 0 Å². The monoisotopic (exact) mass is 394 g/mol. The first-order valence-corrected chi connectivity index (χ1v) is 9.74. The number of aliphatic hydroxyl groups is 1. The van der Waals surface area contributed by atoms with Gasteiger partial charge in [0, 0.05) is 17.4 Å². The maximum Gasteiger partial charge on any atom is 0.243 e. The SMILES string of the molecule is COc1ccc(NC(=O)CNc2ccc(S(=O)(=O)CCO)cc2)cc1OC. The van der Waals surface area contributed by atoms with Crippen LogP contribution in [-0.2, 0) is 14.6 Å². The van der Waals surface area contributed by atoms with E-state index in [9.17, 15) is 13.2 Å². The Kier molecular flexibility index (Phi) is 7.03. The lowest BCUT2D eigenvalue weighted by Crippen LogP contribution is -2.21. The normalized spacial score (nSPS) is 10.9. The lowest BCUT2D eigenvalue weighted by atomic mass is 10.2. The lowest BCUT2D eigenvalue weighted by Gasteiger charge is -2.11. The summed E-state index contributed by atoms with van der Waals surface area (Å²) >= 11 is 0. The van der Waals surface area contributed by atoms with Gasteiger partial charge < -0.3 is 25.2 Å². The molecular formula is C18H22N2O6S. The number of rotatable bonds is 9. The standard InChI is InChI=1S/C18H22N2O6S/c1-25-16-8-5-14(11-17(16)26-2)20-18(22)12-19-13-3-6-15(7-4-13)27(23,24)10-9-21/h3-8,11,19,21H,9-10,12H2,1-2H3,(H,20,22). The highest BCUT2D eigenvalue weighted by atomic mass is 32.2. The van der Waals surface area contributed by atoms with Crippen molar-refractivity contribution in [3.63, 3.8) is 0 Å². The Morgan fingerprint density at radius 3 is 2.22 bits per heavy atom. The molecule has 0 unspecified atom stereocenters. The van der Waals surface area contributed by atoms with Gasteiger partial charge in [-0.05, 0) is 36.4 Å². The average Bonchev–Trinajstić information content (AvgIpc) is 2.66. The summed E-state index contributed by atoms with van der Waals surface area (Å²) in [6.45, 7) is -0.435. The summed E-state index contributed by atoms with van der Waals surface area (Å²) < 4.78 is 34.0. The minimum atomic E-state index is -3.49. The van der Waals surface area contributed by atoms with Crippen LogP contribution in [0.1, 0.15) is 0 Å². The Labute approximate surface area is 158 Å². The summed E-state index contributed by atoms with van der Waals surface area (Å²) in [5, 5.41) is 14.4. The summed E-state index contributed by atoms with van der Waals surface area (Å²) in [7, 11) is -0.453. The van der Waals surface area contributed by atoms with Gasteiger partial charge in [-0.3, -0.25) is 4.79 Å². The third-order valence-electron chi connectivity index (χ3n) is 3.69. The first kappa shape index (κ1) is 20.5. The van der Waals surface area contributed by atoms with Gasteiger partial charge >= 0.3 is 0 Å². The fourth-order valence-corrected chi connectivity index (χ4v) is 3.35. The first-order valence-electron chi connectivity index (χ1n) is 8.09. The van der Waals surface area contributed by atoms with Gasteiger partial charge in [0.25, 0.3) is 0 Å². The Bertz CT molecular complexity index is 881. The van der Waals surface area contributed by atoms with Crippen LogP contribution < -0.4 is 20.1 Å². The number of carbonyl (C=O) groups is 1. The van der Waals surface area contributed by atoms with Crippen LogP contribution in [0.4, 0.5) is 11.4 Å². The number of benzene rings is 2. The van der Waals surface area contributed by atoms with Gasteiger partial charge in [-0.25, -0.2) is 8.42 Å². The molecule has 0 spiro atoms. The van der Waals surface area contributed by atoms with E-state index in [1.54, 1.807) is 30.3 Å². The molecule has 0 bridgehead atoms. The smallest absolute Gasteiger partial charge is 0.243 e. The van der Waals surface area contributed by atoms with E-state index in [2.05, 4.69) is 10.6 Å². The molecule has 0 aromatic heterocycles. The summed E-state index contributed by atoms with van der Waals surface area (Å²) in [5.41, 5.74) is 1.16. The summed E-state index contributed by atoms with van der Waals surface area (Å²) in [6.07, 6.45) is 0. The molecule has 2 rings (SSSR count). The molecule has 2 aromatic rings. The van der Waals surface area contributed by atoms with Crippen molar-refractivity contribution in [1.82, 2.24) is 0 Å². The minimum Gasteiger partial charge on any atom is -0.493 e. The molecule has 0 aliphatic carbocycles. The highest BCUT2D eigenvalue weighted by molar-refractivity contribution is 7.91. The number of hydrogen-bond acceptors (Lipinski definition) is 7. The van der Waals surface area contributed by atoms with Crippen LogP contribution in [0.2, 0.25) is 0 Å². The van der Waals surface area contributed by atoms with Gasteiger partial charge in [0.1, 0.15) is 0 Å². The zero-order valence-corrected chi connectivity index (χ0v) is 15.9. The zero-order chi connectivity index (χ0) is 19.9. The highest BCUT2D eigenvalue weighted by Gasteiger charge is 2.13. The summed E-state index contributed by atoms with van der Waals surface area (Å²) in [5.74, 6) is 0.458. The van der Waals surface area contributed by atoms with E-state index in [1.165, 1.54) is 26.4 Å². The van der Waals surface area contributed by atoms with Crippen LogP contribution in [0.15, 0.2) is 47.4 Å². The molecule has 3 N–H and O–H groups in total. The van der Waals surface area contributed by atoms with E-state index in [4.69, 9.17) is 14.6 Å². The van der Waals surface area contributed by atoms with Crippen LogP contribution in [0.25, 0.3) is 0 Å². The molecule has 9 heteroatoms. The molecule has 146 valence electrons. The number of nitrogens with one attached hydrogen (secondary N) is 2. The number of anilines is 2. The Morgan fingerprint density at radius 2 is 1.63 bits per heavy atom. The molecule has 1 amide bonds. The lowest BCUT2D eigenvalue weighted by molar-refractivity contribution is -0.114. The predicted octanol–water partition coefficient (Wildman–Crippen LogP) is 1.52. The molecule has 27 heavy (non-hydrogen) atoms. The van der Waals surface area contributed by atoms with Crippen molar-refractivity contribution >= 4 is 27.1 Å². The van der Waals surface area contributed by atoms with Crippen molar-refractivity contribution in [2.24, 2.45) is 0 Å². The first-order chi connectivity index (χ1) is 12.9. The summed E-state index contributed by atoms with van der Waals surface area (Å²) in [6, 6.07) is 11.0. The predicted molar refractivity (Wildman–Crippen MR) is 102 cm³/mol. The van der Waals surface area contributed by atoms with Crippen LogP contribution in [0, 0.1) is 0 Å². The molecule has 0 aliphatic heterocycles. The molecule has 0 radical (unpaired) electrons. The average molecular weight is 394 g/mol. The molecule has 0 fully saturated rings. The number of hydrogen-bond donors (Lipinski definition) is 3. The van der Waals surface area contributed by atoms with E-state index in [-0.39, 0.29) is 23.1 Å². The quantitative estimate of drug-likeness (QED) is 0.591. The third kappa shape index (κ3) is 5.60. The molecule has 0 saturated heterocycles. The third-order valence-corrected chi connectivity index (χ3v) is 5.40. The number of methoxy groups -OCH3 is 2. The van der Waals surface area contributed by atoms with Gasteiger partial charge in [0.05, 0.1) is 38.0 Å². The van der Waals surface area contributed by atoms with E-state index in [0.717, 1.165) is 0 Å². The molecule has 0 atom stereocenters. The van der Waals surface area contributed by atoms with E-state index in [1.807, 2.05) is 0 Å². The molecular weight excluding hydrogens is 372 g/mol. The van der Waals surface area contributed by atoms with Crippen LogP contribution in [-0.4, -0.2) is 52.6 Å². The van der Waals surface area contributed by atoms with Gasteiger partial charge in [0.15, 0.2) is 21.3 Å². The second-order valence-electron chi connectivity index (χ2n) is 5.54. The maximum absolute atomic E-state index is 12.1. The molecule has 0 aliphatic rings. The second-order valence-corrected chi connectivity index (χ2v) is 7.65. The van der Waals surface area contributed by atoms with Crippen molar-refractivity contribution in [2.45, 2.75) is 4.90 Å². The number of aliphatic hydroxyl groups excluding tert-OH is 1.